The SMILES string of the molecule is Cn1c(C2CCC(C=O)CC2)cc2cc(NC(=O)c3cccc(C(F)(F)F)n3)c(F)cc21. The summed E-state index contributed by atoms with van der Waals surface area (Å²) in [6.07, 6.45) is -0.334. The van der Waals surface area contributed by atoms with E-state index in [1.165, 1.54) is 12.1 Å². The molecule has 1 fully saturated rings. The zero-order chi connectivity index (χ0) is 23.0. The molecule has 0 bridgehead atoms. The van der Waals surface area contributed by atoms with Crippen molar-refractivity contribution in [1.29, 1.82) is 0 Å². The first kappa shape index (κ1) is 22.0. The van der Waals surface area contributed by atoms with Crippen LogP contribution in [-0.2, 0) is 18.0 Å². The summed E-state index contributed by atoms with van der Waals surface area (Å²) in [5.74, 6) is -1.29. The molecule has 0 radical (unpaired) electrons. The summed E-state index contributed by atoms with van der Waals surface area (Å²) >= 11 is 0. The van der Waals surface area contributed by atoms with Crippen molar-refractivity contribution in [2.24, 2.45) is 13.0 Å². The van der Waals surface area contributed by atoms with Crippen LogP contribution in [0.25, 0.3) is 10.9 Å². The van der Waals surface area contributed by atoms with Crippen LogP contribution in [0.15, 0.2) is 36.4 Å². The molecule has 1 saturated carbocycles. The van der Waals surface area contributed by atoms with Crippen molar-refractivity contribution >= 4 is 28.8 Å². The van der Waals surface area contributed by atoms with Crippen LogP contribution in [0, 0.1) is 11.7 Å². The first-order chi connectivity index (χ1) is 15.2. The van der Waals surface area contributed by atoms with Crippen molar-refractivity contribution in [2.75, 3.05) is 5.32 Å². The number of anilines is 1. The molecule has 1 amide bonds. The van der Waals surface area contributed by atoms with Gasteiger partial charge in [-0.1, -0.05) is 6.07 Å². The van der Waals surface area contributed by atoms with Gasteiger partial charge in [0.15, 0.2) is 0 Å². The van der Waals surface area contributed by atoms with Gasteiger partial charge in [-0.05, 0) is 55.9 Å². The molecular formula is C23H21F4N3O2. The van der Waals surface area contributed by atoms with Gasteiger partial charge in [0.25, 0.3) is 5.91 Å². The second kappa shape index (κ2) is 8.37. The number of benzene rings is 1. The Balaban J connectivity index is 1.60. The second-order valence-electron chi connectivity index (χ2n) is 8.13. The number of pyridine rings is 1. The lowest BCUT2D eigenvalue weighted by Crippen LogP contribution is -2.17. The van der Waals surface area contributed by atoms with Crippen LogP contribution in [-0.4, -0.2) is 21.7 Å². The molecule has 1 N–H and O–H groups in total. The number of aldehydes is 1. The zero-order valence-electron chi connectivity index (χ0n) is 17.2. The van der Waals surface area contributed by atoms with Crippen LogP contribution >= 0.6 is 0 Å². The van der Waals surface area contributed by atoms with Crippen molar-refractivity contribution in [3.63, 3.8) is 0 Å². The number of nitrogens with one attached hydrogen (secondary N) is 1. The van der Waals surface area contributed by atoms with E-state index >= 15 is 0 Å². The molecule has 0 aliphatic heterocycles. The van der Waals surface area contributed by atoms with E-state index in [1.807, 2.05) is 17.7 Å². The van der Waals surface area contributed by atoms with Crippen LogP contribution in [0.5, 0.6) is 0 Å². The van der Waals surface area contributed by atoms with Crippen LogP contribution < -0.4 is 5.32 Å². The highest BCUT2D eigenvalue weighted by Crippen LogP contribution is 2.38. The number of amides is 1. The minimum atomic E-state index is -4.69. The average Bonchev–Trinajstić information content (AvgIpc) is 3.09. The van der Waals surface area contributed by atoms with E-state index in [0.29, 0.717) is 10.9 Å². The molecule has 4 rings (SSSR count). The fourth-order valence-corrected chi connectivity index (χ4v) is 4.32. The fourth-order valence-electron chi connectivity index (χ4n) is 4.32. The quantitative estimate of drug-likeness (QED) is 0.427. The number of carbonyl (C=O) groups is 2. The molecule has 1 aliphatic rings. The predicted octanol–water partition coefficient (Wildman–Crippen LogP) is 5.46. The van der Waals surface area contributed by atoms with Gasteiger partial charge in [0, 0.05) is 30.1 Å². The van der Waals surface area contributed by atoms with Gasteiger partial charge in [-0.25, -0.2) is 9.37 Å². The van der Waals surface area contributed by atoms with E-state index in [4.69, 9.17) is 0 Å². The number of aromatic nitrogens is 2. The molecule has 5 nitrogen and oxygen atoms in total. The minimum absolute atomic E-state index is 0.0876. The average molecular weight is 447 g/mol. The monoisotopic (exact) mass is 447 g/mol. The summed E-state index contributed by atoms with van der Waals surface area (Å²) in [4.78, 5) is 26.8. The van der Waals surface area contributed by atoms with Gasteiger partial charge in [0.1, 0.15) is 23.5 Å². The summed E-state index contributed by atoms with van der Waals surface area (Å²) in [6, 6.07) is 7.67. The maximum Gasteiger partial charge on any atom is 0.433 e. The Labute approximate surface area is 181 Å². The Kier molecular flexibility index (Phi) is 5.75. The maximum atomic E-state index is 14.7. The molecule has 168 valence electrons. The number of halogens is 4. The van der Waals surface area contributed by atoms with Gasteiger partial charge in [-0.15, -0.1) is 0 Å². The minimum Gasteiger partial charge on any atom is -0.347 e. The third-order valence-electron chi connectivity index (χ3n) is 6.07. The lowest BCUT2D eigenvalue weighted by molar-refractivity contribution is -0.141. The van der Waals surface area contributed by atoms with Crippen LogP contribution in [0.4, 0.5) is 23.2 Å². The lowest BCUT2D eigenvalue weighted by Gasteiger charge is -2.26. The normalized spacial score (nSPS) is 19.2. The highest BCUT2D eigenvalue weighted by Gasteiger charge is 2.33. The van der Waals surface area contributed by atoms with Crippen molar-refractivity contribution in [1.82, 2.24) is 9.55 Å². The van der Waals surface area contributed by atoms with Crippen molar-refractivity contribution in [3.05, 3.63) is 59.3 Å². The van der Waals surface area contributed by atoms with E-state index in [9.17, 15) is 27.2 Å². The number of alkyl halides is 3. The number of fused-ring (bicyclic) bond motifs is 1. The lowest BCUT2D eigenvalue weighted by atomic mass is 9.81. The standard InChI is InChI=1S/C23H21F4N3O2/c1-30-19(14-7-5-13(12-31)6-8-14)10-15-9-18(16(24)11-20(15)30)29-22(32)17-3-2-4-21(28-17)23(25,26)27/h2-4,9-14H,5-8H2,1H3,(H,29,32). The smallest absolute Gasteiger partial charge is 0.347 e. The topological polar surface area (TPSA) is 64.0 Å². The summed E-state index contributed by atoms with van der Waals surface area (Å²) in [6.45, 7) is 0. The Hall–Kier alpha value is -3.23. The van der Waals surface area contributed by atoms with Crippen LogP contribution in [0.2, 0.25) is 0 Å². The van der Waals surface area contributed by atoms with Crippen LogP contribution in [0.1, 0.15) is 53.5 Å². The Morgan fingerprint density at radius 1 is 1.16 bits per heavy atom. The fraction of sp³-hybridized carbons (Fsp3) is 0.348. The van der Waals surface area contributed by atoms with Gasteiger partial charge in [0.2, 0.25) is 0 Å². The summed E-state index contributed by atoms with van der Waals surface area (Å²) in [5.41, 5.74) is -0.126. The van der Waals surface area contributed by atoms with Gasteiger partial charge in [0.05, 0.1) is 11.2 Å². The number of hydrogen-bond donors (Lipinski definition) is 1. The molecule has 2 aromatic heterocycles. The third-order valence-corrected chi connectivity index (χ3v) is 6.07. The largest absolute Gasteiger partial charge is 0.433 e. The molecule has 0 saturated heterocycles. The summed E-state index contributed by atoms with van der Waals surface area (Å²) in [5, 5.41) is 3.03. The Morgan fingerprint density at radius 2 is 1.88 bits per heavy atom. The van der Waals surface area contributed by atoms with Crippen molar-refractivity contribution in [3.8, 4) is 0 Å². The van der Waals surface area contributed by atoms with E-state index in [1.54, 1.807) is 0 Å². The van der Waals surface area contributed by atoms with Crippen LogP contribution in [0.3, 0.4) is 0 Å². The molecule has 0 atom stereocenters. The van der Waals surface area contributed by atoms with Gasteiger partial charge >= 0.3 is 6.18 Å². The molecule has 0 unspecified atom stereocenters. The number of aryl methyl sites for hydroxylation is 1. The maximum absolute atomic E-state index is 14.7. The zero-order valence-corrected chi connectivity index (χ0v) is 17.2. The molecule has 0 spiro atoms. The molecule has 1 aromatic carbocycles. The molecule has 9 heteroatoms. The van der Waals surface area contributed by atoms with E-state index < -0.39 is 29.3 Å². The number of carbonyl (C=O) groups excluding carboxylic acids is 2. The van der Waals surface area contributed by atoms with Gasteiger partial charge in [-0.2, -0.15) is 13.2 Å². The molecule has 2 heterocycles. The highest BCUT2D eigenvalue weighted by molar-refractivity contribution is 6.04. The first-order valence-corrected chi connectivity index (χ1v) is 10.3. The number of nitrogens with zero attached hydrogens (tertiary/aromatic N) is 2. The predicted molar refractivity (Wildman–Crippen MR) is 111 cm³/mol. The van der Waals surface area contributed by atoms with E-state index in [-0.39, 0.29) is 17.5 Å². The molecule has 32 heavy (non-hydrogen) atoms. The Bertz CT molecular complexity index is 1180. The van der Waals surface area contributed by atoms with E-state index in [0.717, 1.165) is 55.9 Å². The number of rotatable bonds is 4. The highest BCUT2D eigenvalue weighted by atomic mass is 19.4. The van der Waals surface area contributed by atoms with Gasteiger partial charge in [-0.3, -0.25) is 4.79 Å². The van der Waals surface area contributed by atoms with Crippen molar-refractivity contribution < 1.29 is 27.2 Å². The summed E-state index contributed by atoms with van der Waals surface area (Å²) < 4.78 is 55.2. The first-order valence-electron chi connectivity index (χ1n) is 10.3. The second-order valence-corrected chi connectivity index (χ2v) is 8.13. The summed E-state index contributed by atoms with van der Waals surface area (Å²) in [7, 11) is 1.84. The molecular weight excluding hydrogens is 426 g/mol. The van der Waals surface area contributed by atoms with Crippen molar-refractivity contribution in [2.45, 2.75) is 37.8 Å². The molecule has 1 aliphatic carbocycles. The van der Waals surface area contributed by atoms with E-state index in [2.05, 4.69) is 10.3 Å². The van der Waals surface area contributed by atoms with Gasteiger partial charge < -0.3 is 14.7 Å². The number of hydrogen-bond acceptors (Lipinski definition) is 3. The molecule has 3 aromatic rings. The Morgan fingerprint density at radius 3 is 2.53 bits per heavy atom. The third kappa shape index (κ3) is 4.24.